The number of aryl methyl sites for hydroxylation is 2. The Balaban J connectivity index is 2.25. The van der Waals surface area contributed by atoms with Crippen molar-refractivity contribution in [2.45, 2.75) is 27.3 Å². The number of ether oxygens (including phenoxy) is 1. The van der Waals surface area contributed by atoms with Crippen LogP contribution >= 0.6 is 0 Å². The summed E-state index contributed by atoms with van der Waals surface area (Å²) in [6.45, 7) is 7.81. The number of nitrogens with zero attached hydrogens (tertiary/aromatic N) is 2. The Morgan fingerprint density at radius 2 is 1.92 bits per heavy atom. The number of nitrogens with one attached hydrogen (secondary N) is 1. The number of carbonyl (C=O) groups excluding carboxylic acids is 1. The largest absolute Gasteiger partial charge is 0.495 e. The van der Waals surface area contributed by atoms with Gasteiger partial charge in [-0.15, -0.1) is 0 Å². The summed E-state index contributed by atoms with van der Waals surface area (Å²) in [5, 5.41) is 2.98. The molecule has 2 rings (SSSR count). The summed E-state index contributed by atoms with van der Waals surface area (Å²) >= 11 is 0. The fourth-order valence-corrected chi connectivity index (χ4v) is 2.78. The first-order valence-electron chi connectivity index (χ1n) is 8.11. The van der Waals surface area contributed by atoms with Gasteiger partial charge in [0.25, 0.3) is 5.91 Å². The summed E-state index contributed by atoms with van der Waals surface area (Å²) in [4.78, 5) is 14.9. The monoisotopic (exact) mass is 329 g/mol. The predicted molar refractivity (Wildman–Crippen MR) is 98.1 cm³/mol. The average Bonchev–Trinajstić information content (AvgIpc) is 2.80. The van der Waals surface area contributed by atoms with Gasteiger partial charge in [-0.25, -0.2) is 0 Å². The average molecular weight is 329 g/mol. The molecule has 1 aromatic heterocycles. The zero-order valence-electron chi connectivity index (χ0n) is 15.4. The van der Waals surface area contributed by atoms with Crippen molar-refractivity contribution >= 4 is 11.6 Å². The minimum Gasteiger partial charge on any atom is -0.495 e. The van der Waals surface area contributed by atoms with Gasteiger partial charge in [-0.2, -0.15) is 0 Å². The molecular weight excluding hydrogens is 302 g/mol. The molecule has 24 heavy (non-hydrogen) atoms. The van der Waals surface area contributed by atoms with Crippen molar-refractivity contribution in [3.8, 4) is 5.75 Å². The SMILES string of the molecule is COc1ccc(C)cc1NC(=O)c1cc(C)n(CCN(C)C)c1C. The van der Waals surface area contributed by atoms with Gasteiger partial charge in [-0.05, 0) is 58.6 Å². The van der Waals surface area contributed by atoms with Crippen LogP contribution in [0.15, 0.2) is 24.3 Å². The van der Waals surface area contributed by atoms with Gasteiger partial charge in [-0.1, -0.05) is 6.07 Å². The number of rotatable bonds is 6. The van der Waals surface area contributed by atoms with Gasteiger partial charge in [0.2, 0.25) is 0 Å². The lowest BCUT2D eigenvalue weighted by Gasteiger charge is -2.14. The van der Waals surface area contributed by atoms with E-state index in [9.17, 15) is 4.79 Å². The van der Waals surface area contributed by atoms with E-state index in [1.807, 2.05) is 59.1 Å². The molecule has 5 heteroatoms. The minimum atomic E-state index is -0.108. The summed E-state index contributed by atoms with van der Waals surface area (Å²) in [5.41, 5.74) is 4.55. The molecule has 5 nitrogen and oxygen atoms in total. The fraction of sp³-hybridized carbons (Fsp3) is 0.421. The van der Waals surface area contributed by atoms with E-state index < -0.39 is 0 Å². The van der Waals surface area contributed by atoms with Crippen LogP contribution in [0.3, 0.4) is 0 Å². The summed E-state index contributed by atoms with van der Waals surface area (Å²) in [6.07, 6.45) is 0. The highest BCUT2D eigenvalue weighted by Crippen LogP contribution is 2.26. The molecule has 0 aliphatic rings. The highest BCUT2D eigenvalue weighted by Gasteiger charge is 2.17. The zero-order chi connectivity index (χ0) is 17.9. The maximum absolute atomic E-state index is 12.7. The number of carbonyl (C=O) groups is 1. The number of anilines is 1. The second-order valence-corrected chi connectivity index (χ2v) is 6.40. The third-order valence-corrected chi connectivity index (χ3v) is 4.19. The number of likely N-dealkylation sites (N-methyl/N-ethyl adjacent to an activating group) is 1. The number of amides is 1. The maximum Gasteiger partial charge on any atom is 0.257 e. The number of methoxy groups -OCH3 is 1. The molecule has 0 spiro atoms. The van der Waals surface area contributed by atoms with Crippen LogP contribution < -0.4 is 10.1 Å². The molecule has 0 aliphatic heterocycles. The lowest BCUT2D eigenvalue weighted by molar-refractivity contribution is 0.102. The van der Waals surface area contributed by atoms with Gasteiger partial charge in [0, 0.05) is 24.5 Å². The minimum absolute atomic E-state index is 0.108. The van der Waals surface area contributed by atoms with E-state index in [0.29, 0.717) is 17.0 Å². The van der Waals surface area contributed by atoms with Gasteiger partial charge in [0.1, 0.15) is 5.75 Å². The van der Waals surface area contributed by atoms with Crippen molar-refractivity contribution in [2.75, 3.05) is 33.1 Å². The van der Waals surface area contributed by atoms with E-state index in [2.05, 4.69) is 14.8 Å². The number of hydrogen-bond donors (Lipinski definition) is 1. The molecule has 2 aromatic rings. The van der Waals surface area contributed by atoms with E-state index in [4.69, 9.17) is 4.74 Å². The molecule has 1 aromatic carbocycles. The Morgan fingerprint density at radius 3 is 2.54 bits per heavy atom. The first-order chi connectivity index (χ1) is 11.3. The fourth-order valence-electron chi connectivity index (χ4n) is 2.78. The molecular formula is C19H27N3O2. The maximum atomic E-state index is 12.7. The quantitative estimate of drug-likeness (QED) is 0.885. The van der Waals surface area contributed by atoms with Crippen LogP contribution in [0, 0.1) is 20.8 Å². The molecule has 0 fully saturated rings. The van der Waals surface area contributed by atoms with E-state index in [1.165, 1.54) is 0 Å². The molecule has 0 atom stereocenters. The summed E-state index contributed by atoms with van der Waals surface area (Å²) in [6, 6.07) is 7.69. The molecule has 1 N–H and O–H groups in total. The standard InChI is InChI=1S/C19H27N3O2/c1-13-7-8-18(24-6)17(11-13)20-19(23)16-12-14(2)22(15(16)3)10-9-21(4)5/h7-8,11-12H,9-10H2,1-6H3,(H,20,23). The summed E-state index contributed by atoms with van der Waals surface area (Å²) < 4.78 is 7.52. The lowest BCUT2D eigenvalue weighted by Crippen LogP contribution is -2.20. The van der Waals surface area contributed by atoms with Crippen molar-refractivity contribution in [1.29, 1.82) is 0 Å². The molecule has 0 unspecified atom stereocenters. The molecule has 130 valence electrons. The van der Waals surface area contributed by atoms with Crippen LogP contribution in [0.5, 0.6) is 5.75 Å². The molecule has 0 aliphatic carbocycles. The molecule has 1 amide bonds. The van der Waals surface area contributed by atoms with E-state index in [-0.39, 0.29) is 5.91 Å². The van der Waals surface area contributed by atoms with Crippen LogP contribution in [-0.2, 0) is 6.54 Å². The molecule has 0 bridgehead atoms. The molecule has 0 saturated carbocycles. The highest BCUT2D eigenvalue weighted by atomic mass is 16.5. The number of benzene rings is 1. The lowest BCUT2D eigenvalue weighted by atomic mass is 10.2. The van der Waals surface area contributed by atoms with Crippen LogP contribution in [0.4, 0.5) is 5.69 Å². The molecule has 1 heterocycles. The number of hydrogen-bond acceptors (Lipinski definition) is 3. The van der Waals surface area contributed by atoms with Crippen molar-refractivity contribution in [3.05, 3.63) is 46.8 Å². The Morgan fingerprint density at radius 1 is 1.21 bits per heavy atom. The first kappa shape index (κ1) is 18.1. The van der Waals surface area contributed by atoms with Crippen LogP contribution in [0.1, 0.15) is 27.3 Å². The second kappa shape index (κ2) is 7.53. The zero-order valence-corrected chi connectivity index (χ0v) is 15.4. The number of aromatic nitrogens is 1. The first-order valence-corrected chi connectivity index (χ1v) is 8.11. The van der Waals surface area contributed by atoms with Crippen LogP contribution in [0.25, 0.3) is 0 Å². The smallest absolute Gasteiger partial charge is 0.257 e. The third kappa shape index (κ3) is 3.97. The van der Waals surface area contributed by atoms with E-state index in [0.717, 1.165) is 30.0 Å². The van der Waals surface area contributed by atoms with E-state index in [1.54, 1.807) is 7.11 Å². The highest BCUT2D eigenvalue weighted by molar-refractivity contribution is 6.06. The second-order valence-electron chi connectivity index (χ2n) is 6.40. The van der Waals surface area contributed by atoms with Crippen LogP contribution in [0.2, 0.25) is 0 Å². The Labute approximate surface area is 144 Å². The van der Waals surface area contributed by atoms with Crippen molar-refractivity contribution < 1.29 is 9.53 Å². The predicted octanol–water partition coefficient (Wildman–Crippen LogP) is 3.24. The van der Waals surface area contributed by atoms with Gasteiger partial charge >= 0.3 is 0 Å². The Bertz CT molecular complexity index is 732. The molecule has 0 radical (unpaired) electrons. The normalized spacial score (nSPS) is 11.0. The summed E-state index contributed by atoms with van der Waals surface area (Å²) in [7, 11) is 5.70. The topological polar surface area (TPSA) is 46.5 Å². The van der Waals surface area contributed by atoms with Crippen molar-refractivity contribution in [2.24, 2.45) is 0 Å². The van der Waals surface area contributed by atoms with Gasteiger partial charge in [0.15, 0.2) is 0 Å². The molecule has 0 saturated heterocycles. The van der Waals surface area contributed by atoms with Crippen LogP contribution in [-0.4, -0.2) is 43.1 Å². The van der Waals surface area contributed by atoms with Gasteiger partial charge < -0.3 is 19.5 Å². The van der Waals surface area contributed by atoms with Gasteiger partial charge in [0.05, 0.1) is 18.4 Å². The Kier molecular flexibility index (Phi) is 5.67. The van der Waals surface area contributed by atoms with Gasteiger partial charge in [-0.3, -0.25) is 4.79 Å². The van der Waals surface area contributed by atoms with E-state index >= 15 is 0 Å². The summed E-state index contributed by atoms with van der Waals surface area (Å²) in [5.74, 6) is 0.554. The van der Waals surface area contributed by atoms with Crippen molar-refractivity contribution in [1.82, 2.24) is 9.47 Å². The Hall–Kier alpha value is -2.27. The third-order valence-electron chi connectivity index (χ3n) is 4.19. The van der Waals surface area contributed by atoms with Crippen molar-refractivity contribution in [3.63, 3.8) is 0 Å².